The Morgan fingerprint density at radius 1 is 1.36 bits per heavy atom. The highest BCUT2D eigenvalue weighted by atomic mass is 35.5. The predicted octanol–water partition coefficient (Wildman–Crippen LogP) is 2.12. The lowest BCUT2D eigenvalue weighted by molar-refractivity contribution is 0.475. The summed E-state index contributed by atoms with van der Waals surface area (Å²) in [6, 6.07) is 4.65. The molecule has 1 aromatic rings. The minimum atomic E-state index is 0.0480. The van der Waals surface area contributed by atoms with Gasteiger partial charge < -0.3 is 10.5 Å². The largest absolute Gasteiger partial charge is 0.506 e. The van der Waals surface area contributed by atoms with Crippen molar-refractivity contribution in [1.29, 1.82) is 0 Å². The third-order valence-electron chi connectivity index (χ3n) is 1.14. The molecule has 0 atom stereocenters. The van der Waals surface area contributed by atoms with Crippen molar-refractivity contribution in [2.75, 3.05) is 5.43 Å². The van der Waals surface area contributed by atoms with Gasteiger partial charge in [0.15, 0.2) is 0 Å². The molecule has 0 aliphatic rings. The van der Waals surface area contributed by atoms with Crippen LogP contribution in [0.5, 0.6) is 5.75 Å². The van der Waals surface area contributed by atoms with E-state index in [1.54, 1.807) is 12.1 Å². The minimum Gasteiger partial charge on any atom is -0.506 e. The molecule has 0 heterocycles. The zero-order valence-electron chi connectivity index (χ0n) is 5.44. The molecule has 0 aliphatic carbocycles. The first-order chi connectivity index (χ1) is 5.24. The Labute approximate surface area is 74.0 Å². The second-order valence-corrected chi connectivity index (χ2v) is 2.48. The summed E-state index contributed by atoms with van der Waals surface area (Å²) >= 11 is 10.8. The summed E-state index contributed by atoms with van der Waals surface area (Å²) in [7, 11) is 0. The van der Waals surface area contributed by atoms with Gasteiger partial charge in [-0.1, -0.05) is 11.6 Å². The minimum absolute atomic E-state index is 0.0480. The van der Waals surface area contributed by atoms with Crippen molar-refractivity contribution >= 4 is 29.1 Å². The molecule has 0 saturated carbocycles. The number of benzene rings is 1. The number of hydrazine groups is 1. The van der Waals surface area contributed by atoms with E-state index in [9.17, 15) is 0 Å². The van der Waals surface area contributed by atoms with E-state index < -0.39 is 0 Å². The van der Waals surface area contributed by atoms with E-state index in [0.717, 1.165) is 0 Å². The Morgan fingerprint density at radius 2 is 2.09 bits per heavy atom. The molecule has 3 N–H and O–H groups in total. The summed E-state index contributed by atoms with van der Waals surface area (Å²) in [6.07, 6.45) is 0. The maximum Gasteiger partial charge on any atom is 0.134 e. The van der Waals surface area contributed by atoms with E-state index >= 15 is 0 Å². The number of phenolic OH excluding ortho intramolecular Hbond substituents is 1. The molecule has 0 fully saturated rings. The number of nitrogens with one attached hydrogen (secondary N) is 2. The SMILES string of the molecule is Oc1ccc(NNCl)cc1Cl. The molecular weight excluding hydrogens is 187 g/mol. The van der Waals surface area contributed by atoms with Crippen molar-refractivity contribution in [2.24, 2.45) is 0 Å². The van der Waals surface area contributed by atoms with E-state index in [1.807, 2.05) is 0 Å². The fraction of sp³-hybridized carbons (Fsp3) is 0. The molecule has 0 aliphatic heterocycles. The van der Waals surface area contributed by atoms with Gasteiger partial charge in [-0.15, -0.1) is 4.94 Å². The van der Waals surface area contributed by atoms with Crippen LogP contribution in [0.2, 0.25) is 5.02 Å². The normalized spacial score (nSPS) is 9.64. The van der Waals surface area contributed by atoms with E-state index in [1.165, 1.54) is 6.07 Å². The van der Waals surface area contributed by atoms with Gasteiger partial charge in [-0.05, 0) is 30.0 Å². The van der Waals surface area contributed by atoms with Gasteiger partial charge in [-0.2, -0.15) is 0 Å². The smallest absolute Gasteiger partial charge is 0.134 e. The number of anilines is 1. The summed E-state index contributed by atoms with van der Waals surface area (Å²) in [5.41, 5.74) is 3.28. The molecule has 0 saturated heterocycles. The van der Waals surface area contributed by atoms with Crippen molar-refractivity contribution in [1.82, 2.24) is 4.94 Å². The van der Waals surface area contributed by atoms with Gasteiger partial charge in [0.05, 0.1) is 10.7 Å². The number of hydrogen-bond donors (Lipinski definition) is 3. The highest BCUT2D eigenvalue weighted by Crippen LogP contribution is 2.25. The first-order valence-electron chi connectivity index (χ1n) is 2.84. The number of aromatic hydroxyl groups is 1. The first kappa shape index (κ1) is 8.46. The van der Waals surface area contributed by atoms with Crippen molar-refractivity contribution in [3.63, 3.8) is 0 Å². The molecule has 11 heavy (non-hydrogen) atoms. The first-order valence-corrected chi connectivity index (χ1v) is 3.60. The molecule has 0 amide bonds. The second kappa shape index (κ2) is 3.67. The quantitative estimate of drug-likeness (QED) is 0.383. The van der Waals surface area contributed by atoms with Crippen LogP contribution < -0.4 is 10.4 Å². The Morgan fingerprint density at radius 3 is 2.64 bits per heavy atom. The van der Waals surface area contributed by atoms with Crippen LogP contribution >= 0.6 is 23.4 Å². The number of hydrogen-bond acceptors (Lipinski definition) is 3. The number of phenols is 1. The van der Waals surface area contributed by atoms with Crippen LogP contribution in [-0.2, 0) is 0 Å². The monoisotopic (exact) mass is 192 g/mol. The van der Waals surface area contributed by atoms with Crippen LogP contribution in [-0.4, -0.2) is 5.11 Å². The second-order valence-electron chi connectivity index (χ2n) is 1.89. The van der Waals surface area contributed by atoms with Crippen LogP contribution in [0.1, 0.15) is 0 Å². The highest BCUT2D eigenvalue weighted by molar-refractivity contribution is 6.32. The van der Waals surface area contributed by atoms with Gasteiger partial charge in [0, 0.05) is 0 Å². The van der Waals surface area contributed by atoms with E-state index in [0.29, 0.717) is 5.69 Å². The van der Waals surface area contributed by atoms with Gasteiger partial charge >= 0.3 is 0 Å². The van der Waals surface area contributed by atoms with Crippen LogP contribution in [0.3, 0.4) is 0 Å². The van der Waals surface area contributed by atoms with Crippen molar-refractivity contribution in [3.8, 4) is 5.75 Å². The molecule has 1 aromatic carbocycles. The Bertz CT molecular complexity index is 254. The van der Waals surface area contributed by atoms with Crippen LogP contribution in [0.25, 0.3) is 0 Å². The maximum absolute atomic E-state index is 9.00. The molecular formula is C6H6Cl2N2O. The van der Waals surface area contributed by atoms with Gasteiger partial charge in [0.1, 0.15) is 5.75 Å². The third-order valence-corrected chi connectivity index (χ3v) is 1.54. The third kappa shape index (κ3) is 2.15. The van der Waals surface area contributed by atoms with E-state index in [4.69, 9.17) is 28.5 Å². The average molecular weight is 193 g/mol. The zero-order valence-corrected chi connectivity index (χ0v) is 6.95. The number of rotatable bonds is 2. The Hall–Kier alpha value is -0.640. The molecule has 60 valence electrons. The lowest BCUT2D eigenvalue weighted by Gasteiger charge is -2.02. The molecule has 3 nitrogen and oxygen atoms in total. The van der Waals surface area contributed by atoms with Crippen molar-refractivity contribution < 1.29 is 5.11 Å². The van der Waals surface area contributed by atoms with Crippen LogP contribution in [0.4, 0.5) is 5.69 Å². The molecule has 0 spiro atoms. The lowest BCUT2D eigenvalue weighted by Crippen LogP contribution is -2.07. The lowest BCUT2D eigenvalue weighted by atomic mass is 10.3. The summed E-state index contributed by atoms with van der Waals surface area (Å²) < 4.78 is 0. The Kier molecular flexibility index (Phi) is 2.82. The van der Waals surface area contributed by atoms with Gasteiger partial charge in [-0.3, -0.25) is 0 Å². The average Bonchev–Trinajstić information content (AvgIpc) is 1.98. The molecule has 0 aromatic heterocycles. The summed E-state index contributed by atoms with van der Waals surface area (Å²) in [4.78, 5) is 2.21. The Balaban J connectivity index is 2.86. The molecule has 0 radical (unpaired) electrons. The van der Waals surface area contributed by atoms with Crippen molar-refractivity contribution in [3.05, 3.63) is 23.2 Å². The van der Waals surface area contributed by atoms with Gasteiger partial charge in [-0.25, -0.2) is 0 Å². The van der Waals surface area contributed by atoms with Crippen molar-refractivity contribution in [2.45, 2.75) is 0 Å². The van der Waals surface area contributed by atoms with E-state index in [-0.39, 0.29) is 10.8 Å². The molecule has 0 unspecified atom stereocenters. The maximum atomic E-state index is 9.00. The summed E-state index contributed by atoms with van der Waals surface area (Å²) in [5.74, 6) is 0.0480. The predicted molar refractivity (Wildman–Crippen MR) is 45.7 cm³/mol. The standard InChI is InChI=1S/C6H6Cl2N2O/c7-5-3-4(9-10-8)1-2-6(5)11/h1-3,9-11H. The van der Waals surface area contributed by atoms with Crippen LogP contribution in [0.15, 0.2) is 18.2 Å². The topological polar surface area (TPSA) is 44.3 Å². The van der Waals surface area contributed by atoms with Gasteiger partial charge in [0.25, 0.3) is 0 Å². The molecule has 5 heteroatoms. The van der Waals surface area contributed by atoms with E-state index in [2.05, 4.69) is 10.4 Å². The highest BCUT2D eigenvalue weighted by Gasteiger charge is 1.97. The zero-order chi connectivity index (χ0) is 8.27. The van der Waals surface area contributed by atoms with Crippen LogP contribution in [0, 0.1) is 0 Å². The molecule has 1 rings (SSSR count). The summed E-state index contributed by atoms with van der Waals surface area (Å²) in [5, 5.41) is 9.28. The number of halogens is 2. The fourth-order valence-electron chi connectivity index (χ4n) is 0.639. The summed E-state index contributed by atoms with van der Waals surface area (Å²) in [6.45, 7) is 0. The fourth-order valence-corrected chi connectivity index (χ4v) is 0.929. The molecule has 0 bridgehead atoms. The van der Waals surface area contributed by atoms with Gasteiger partial charge in [0.2, 0.25) is 0 Å².